The second-order valence-electron chi connectivity index (χ2n) is 6.20. The Hall–Kier alpha value is -3.71. The van der Waals surface area contributed by atoms with Crippen molar-refractivity contribution < 1.29 is 19.4 Å². The predicted molar refractivity (Wildman–Crippen MR) is 113 cm³/mol. The van der Waals surface area contributed by atoms with Crippen molar-refractivity contribution in [3.8, 4) is 16.3 Å². The van der Waals surface area contributed by atoms with Gasteiger partial charge in [-0.25, -0.2) is 9.78 Å². The lowest BCUT2D eigenvalue weighted by Gasteiger charge is -2.11. The van der Waals surface area contributed by atoms with Gasteiger partial charge in [0.15, 0.2) is 6.61 Å². The van der Waals surface area contributed by atoms with E-state index in [0.717, 1.165) is 10.2 Å². The number of carbonyl (C=O) groups excluding carboxylic acids is 1. The van der Waals surface area contributed by atoms with Gasteiger partial charge in [0.25, 0.3) is 5.91 Å². The molecule has 0 bridgehead atoms. The Morgan fingerprint density at radius 1 is 1.00 bits per heavy atom. The Bertz CT molecular complexity index is 1150. The van der Waals surface area contributed by atoms with E-state index in [2.05, 4.69) is 10.3 Å². The predicted octanol–water partition coefficient (Wildman–Crippen LogP) is 4.68. The zero-order chi connectivity index (χ0) is 20.2. The first-order valence-electron chi connectivity index (χ1n) is 8.81. The van der Waals surface area contributed by atoms with Crippen LogP contribution in [0.5, 0.6) is 5.75 Å². The Kier molecular flexibility index (Phi) is 5.22. The van der Waals surface area contributed by atoms with E-state index in [1.807, 2.05) is 30.3 Å². The van der Waals surface area contributed by atoms with Crippen LogP contribution in [0, 0.1) is 0 Å². The highest BCUT2D eigenvalue weighted by molar-refractivity contribution is 7.21. The van der Waals surface area contributed by atoms with E-state index >= 15 is 0 Å². The fraction of sp³-hybridized carbons (Fsp3) is 0.0455. The number of benzene rings is 3. The average molecular weight is 404 g/mol. The van der Waals surface area contributed by atoms with Crippen LogP contribution in [0.3, 0.4) is 0 Å². The maximum atomic E-state index is 12.5. The topological polar surface area (TPSA) is 88.5 Å². The lowest BCUT2D eigenvalue weighted by molar-refractivity contribution is -0.139. The number of carboxylic acids is 1. The molecule has 6 nitrogen and oxygen atoms in total. The number of ether oxygens (including phenoxy) is 1. The summed E-state index contributed by atoms with van der Waals surface area (Å²) in [7, 11) is 0. The quantitative estimate of drug-likeness (QED) is 0.487. The third-order valence-corrected chi connectivity index (χ3v) is 5.22. The third-order valence-electron chi connectivity index (χ3n) is 4.15. The maximum absolute atomic E-state index is 12.5. The van der Waals surface area contributed by atoms with E-state index in [9.17, 15) is 9.59 Å². The third kappa shape index (κ3) is 4.25. The van der Waals surface area contributed by atoms with Crippen LogP contribution in [0.4, 0.5) is 5.69 Å². The standard InChI is InChI=1S/C22H16N2O4S/c25-20(26)13-28-18-11-10-15(23-21(27)14-6-2-1-3-7-14)12-16(18)22-24-17-8-4-5-9-19(17)29-22/h1-12H,13H2,(H,23,27)(H,25,26). The van der Waals surface area contributed by atoms with E-state index in [1.54, 1.807) is 42.5 Å². The van der Waals surface area contributed by atoms with Crippen LogP contribution in [0.1, 0.15) is 10.4 Å². The van der Waals surface area contributed by atoms with E-state index in [-0.39, 0.29) is 5.91 Å². The SMILES string of the molecule is O=C(O)COc1ccc(NC(=O)c2ccccc2)cc1-c1nc2ccccc2s1. The van der Waals surface area contributed by atoms with Gasteiger partial charge in [0.1, 0.15) is 10.8 Å². The summed E-state index contributed by atoms with van der Waals surface area (Å²) in [5.74, 6) is -0.911. The van der Waals surface area contributed by atoms with Gasteiger partial charge in [-0.2, -0.15) is 0 Å². The minimum atomic E-state index is -1.07. The van der Waals surface area contributed by atoms with Gasteiger partial charge in [0.05, 0.1) is 15.8 Å². The molecule has 0 saturated heterocycles. The van der Waals surface area contributed by atoms with Gasteiger partial charge in [-0.05, 0) is 42.5 Å². The molecule has 3 aromatic carbocycles. The van der Waals surface area contributed by atoms with Crippen molar-refractivity contribution in [2.75, 3.05) is 11.9 Å². The Labute approximate surface area is 170 Å². The number of nitrogens with zero attached hydrogens (tertiary/aromatic N) is 1. The highest BCUT2D eigenvalue weighted by atomic mass is 32.1. The molecule has 2 N–H and O–H groups in total. The van der Waals surface area contributed by atoms with Gasteiger partial charge in [-0.3, -0.25) is 4.79 Å². The number of aliphatic carboxylic acids is 1. The Morgan fingerprint density at radius 3 is 2.52 bits per heavy atom. The molecule has 0 spiro atoms. The van der Waals surface area contributed by atoms with Crippen LogP contribution in [0.15, 0.2) is 72.8 Å². The molecule has 0 saturated carbocycles. The van der Waals surface area contributed by atoms with Crippen LogP contribution >= 0.6 is 11.3 Å². The number of carboxylic acid groups (broad SMARTS) is 1. The number of hydrogen-bond donors (Lipinski definition) is 2. The smallest absolute Gasteiger partial charge is 0.341 e. The van der Waals surface area contributed by atoms with E-state index < -0.39 is 12.6 Å². The number of carbonyl (C=O) groups is 2. The number of hydrogen-bond acceptors (Lipinski definition) is 5. The molecule has 0 radical (unpaired) electrons. The summed E-state index contributed by atoms with van der Waals surface area (Å²) in [4.78, 5) is 28.0. The minimum absolute atomic E-state index is 0.236. The van der Waals surface area contributed by atoms with Crippen molar-refractivity contribution in [3.63, 3.8) is 0 Å². The van der Waals surface area contributed by atoms with Crippen LogP contribution in [0.2, 0.25) is 0 Å². The van der Waals surface area contributed by atoms with Crippen molar-refractivity contribution in [2.24, 2.45) is 0 Å². The number of fused-ring (bicyclic) bond motifs is 1. The van der Waals surface area contributed by atoms with Crippen molar-refractivity contribution in [1.82, 2.24) is 4.98 Å². The number of amides is 1. The zero-order valence-electron chi connectivity index (χ0n) is 15.2. The van der Waals surface area contributed by atoms with Gasteiger partial charge in [0, 0.05) is 11.3 Å². The summed E-state index contributed by atoms with van der Waals surface area (Å²) in [6.07, 6.45) is 0. The molecule has 0 unspecified atom stereocenters. The second kappa shape index (κ2) is 8.12. The minimum Gasteiger partial charge on any atom is -0.481 e. The number of anilines is 1. The molecule has 0 fully saturated rings. The van der Waals surface area contributed by atoms with Crippen LogP contribution in [-0.2, 0) is 4.79 Å². The normalized spacial score (nSPS) is 10.6. The lowest BCUT2D eigenvalue weighted by Crippen LogP contribution is -2.12. The van der Waals surface area contributed by atoms with Crippen LogP contribution in [0.25, 0.3) is 20.8 Å². The molecular weight excluding hydrogens is 388 g/mol. The molecule has 29 heavy (non-hydrogen) atoms. The summed E-state index contributed by atoms with van der Waals surface area (Å²) in [5.41, 5.74) is 2.57. The van der Waals surface area contributed by atoms with Gasteiger partial charge < -0.3 is 15.2 Å². The fourth-order valence-corrected chi connectivity index (χ4v) is 3.81. The first kappa shape index (κ1) is 18.6. The highest BCUT2D eigenvalue weighted by Gasteiger charge is 2.15. The summed E-state index contributed by atoms with van der Waals surface area (Å²) in [6.45, 7) is -0.465. The maximum Gasteiger partial charge on any atom is 0.341 e. The van der Waals surface area contributed by atoms with Crippen LogP contribution in [-0.4, -0.2) is 28.6 Å². The first-order valence-corrected chi connectivity index (χ1v) is 9.63. The Morgan fingerprint density at radius 2 is 1.76 bits per heavy atom. The molecule has 1 heterocycles. The van der Waals surface area contributed by atoms with Crippen LogP contribution < -0.4 is 10.1 Å². The molecular formula is C22H16N2O4S. The van der Waals surface area contributed by atoms with Crippen molar-refractivity contribution >= 4 is 39.1 Å². The molecule has 0 aliphatic carbocycles. The first-order chi connectivity index (χ1) is 14.1. The summed E-state index contributed by atoms with van der Waals surface area (Å²) >= 11 is 1.47. The lowest BCUT2D eigenvalue weighted by atomic mass is 10.1. The molecule has 144 valence electrons. The van der Waals surface area contributed by atoms with Gasteiger partial charge >= 0.3 is 5.97 Å². The molecule has 1 amide bonds. The number of para-hydroxylation sites is 1. The number of thiazole rings is 1. The van der Waals surface area contributed by atoms with E-state index in [4.69, 9.17) is 9.84 Å². The summed E-state index contributed by atoms with van der Waals surface area (Å²) in [6, 6.07) is 21.7. The summed E-state index contributed by atoms with van der Waals surface area (Å²) < 4.78 is 6.45. The largest absolute Gasteiger partial charge is 0.481 e. The molecule has 0 aliphatic heterocycles. The molecule has 1 aromatic heterocycles. The number of nitrogens with one attached hydrogen (secondary N) is 1. The molecule has 7 heteroatoms. The fourth-order valence-electron chi connectivity index (χ4n) is 2.82. The number of aromatic nitrogens is 1. The number of rotatable bonds is 6. The van der Waals surface area contributed by atoms with Gasteiger partial charge in [-0.1, -0.05) is 30.3 Å². The van der Waals surface area contributed by atoms with E-state index in [1.165, 1.54) is 11.3 Å². The molecule has 0 aliphatic rings. The highest BCUT2D eigenvalue weighted by Crippen LogP contribution is 2.37. The van der Waals surface area contributed by atoms with Gasteiger partial charge in [0.2, 0.25) is 0 Å². The van der Waals surface area contributed by atoms with Crippen molar-refractivity contribution in [3.05, 3.63) is 78.4 Å². The summed E-state index contributed by atoms with van der Waals surface area (Å²) in [5, 5.41) is 12.5. The zero-order valence-corrected chi connectivity index (χ0v) is 16.0. The molecule has 4 rings (SSSR count). The molecule has 0 atom stereocenters. The Balaban J connectivity index is 1.70. The van der Waals surface area contributed by atoms with Crippen molar-refractivity contribution in [1.29, 1.82) is 0 Å². The molecule has 4 aromatic rings. The second-order valence-corrected chi connectivity index (χ2v) is 7.23. The monoisotopic (exact) mass is 404 g/mol. The van der Waals surface area contributed by atoms with Gasteiger partial charge in [-0.15, -0.1) is 11.3 Å². The average Bonchev–Trinajstić information content (AvgIpc) is 3.17. The van der Waals surface area contributed by atoms with Crippen molar-refractivity contribution in [2.45, 2.75) is 0 Å². The van der Waals surface area contributed by atoms with E-state index in [0.29, 0.717) is 27.6 Å².